The van der Waals surface area contributed by atoms with E-state index in [2.05, 4.69) is 10.5 Å². The van der Waals surface area contributed by atoms with Gasteiger partial charge in [-0.1, -0.05) is 18.2 Å². The molecule has 0 spiro atoms. The number of likely N-dealkylation sites (N-methyl/N-ethyl adjacent to an activating group) is 1. The molecule has 2 aromatic carbocycles. The summed E-state index contributed by atoms with van der Waals surface area (Å²) in [5, 5.41) is 21.5. The fourth-order valence-electron chi connectivity index (χ4n) is 2.19. The van der Waals surface area contributed by atoms with Crippen molar-refractivity contribution in [3.05, 3.63) is 65.2 Å². The third-order valence-corrected chi connectivity index (χ3v) is 3.64. The highest BCUT2D eigenvalue weighted by atomic mass is 16.5. The van der Waals surface area contributed by atoms with Gasteiger partial charge in [-0.05, 0) is 35.9 Å². The number of anilines is 1. The van der Waals surface area contributed by atoms with Crippen LogP contribution in [0.15, 0.2) is 53.6 Å². The lowest BCUT2D eigenvalue weighted by Gasteiger charge is -2.17. The zero-order valence-electron chi connectivity index (χ0n) is 14.2. The van der Waals surface area contributed by atoms with Crippen LogP contribution in [0, 0.1) is 0 Å². The normalized spacial score (nSPS) is 10.6. The number of rotatable bonds is 7. The first-order valence-electron chi connectivity index (χ1n) is 7.85. The van der Waals surface area contributed by atoms with Crippen LogP contribution < -0.4 is 15.8 Å². The van der Waals surface area contributed by atoms with E-state index in [1.54, 1.807) is 0 Å². The van der Waals surface area contributed by atoms with E-state index in [1.807, 2.05) is 36.2 Å². The third-order valence-electron chi connectivity index (χ3n) is 3.64. The van der Waals surface area contributed by atoms with Gasteiger partial charge in [0, 0.05) is 30.4 Å². The van der Waals surface area contributed by atoms with Crippen LogP contribution in [0.3, 0.4) is 0 Å². The SMILES string of the molecule is CN(CCO)c1ccc(/C=N/NC(=O)c2cccc(C(=O)NO)c2)cc1. The highest BCUT2D eigenvalue weighted by molar-refractivity contribution is 5.99. The molecule has 8 nitrogen and oxygen atoms in total. The lowest BCUT2D eigenvalue weighted by Crippen LogP contribution is -2.21. The summed E-state index contributed by atoms with van der Waals surface area (Å²) < 4.78 is 0. The van der Waals surface area contributed by atoms with Crippen LogP contribution in [0.5, 0.6) is 0 Å². The minimum Gasteiger partial charge on any atom is -0.395 e. The number of nitrogens with zero attached hydrogens (tertiary/aromatic N) is 2. The van der Waals surface area contributed by atoms with E-state index in [4.69, 9.17) is 10.3 Å². The number of benzene rings is 2. The van der Waals surface area contributed by atoms with E-state index in [-0.39, 0.29) is 17.7 Å². The smallest absolute Gasteiger partial charge is 0.274 e. The van der Waals surface area contributed by atoms with E-state index in [1.165, 1.54) is 36.0 Å². The number of hydrogen-bond acceptors (Lipinski definition) is 6. The number of carbonyl (C=O) groups is 2. The lowest BCUT2D eigenvalue weighted by atomic mass is 10.1. The van der Waals surface area contributed by atoms with Gasteiger partial charge < -0.3 is 10.0 Å². The molecule has 0 saturated heterocycles. The summed E-state index contributed by atoms with van der Waals surface area (Å²) in [7, 11) is 1.88. The van der Waals surface area contributed by atoms with Crippen molar-refractivity contribution >= 4 is 23.7 Å². The average Bonchev–Trinajstić information content (AvgIpc) is 2.68. The van der Waals surface area contributed by atoms with Gasteiger partial charge in [0.2, 0.25) is 0 Å². The van der Waals surface area contributed by atoms with Crippen LogP contribution in [0.2, 0.25) is 0 Å². The number of hydrogen-bond donors (Lipinski definition) is 4. The molecule has 0 aliphatic heterocycles. The Hall–Kier alpha value is -3.23. The molecule has 26 heavy (non-hydrogen) atoms. The second-order valence-corrected chi connectivity index (χ2v) is 5.46. The van der Waals surface area contributed by atoms with Crippen LogP contribution in [0.25, 0.3) is 0 Å². The first-order valence-corrected chi connectivity index (χ1v) is 7.85. The lowest BCUT2D eigenvalue weighted by molar-refractivity contribution is 0.0706. The van der Waals surface area contributed by atoms with E-state index in [0.29, 0.717) is 6.54 Å². The summed E-state index contributed by atoms with van der Waals surface area (Å²) in [6.45, 7) is 0.615. The molecule has 0 bridgehead atoms. The largest absolute Gasteiger partial charge is 0.395 e. The summed E-state index contributed by atoms with van der Waals surface area (Å²) in [6, 6.07) is 13.3. The molecule has 0 unspecified atom stereocenters. The molecule has 136 valence electrons. The van der Waals surface area contributed by atoms with Crippen molar-refractivity contribution in [2.75, 3.05) is 25.1 Å². The Morgan fingerprint density at radius 3 is 2.38 bits per heavy atom. The fraction of sp³-hybridized carbons (Fsp3) is 0.167. The average molecular weight is 356 g/mol. The maximum Gasteiger partial charge on any atom is 0.274 e. The second kappa shape index (κ2) is 9.30. The summed E-state index contributed by atoms with van der Waals surface area (Å²) >= 11 is 0. The molecule has 2 rings (SSSR count). The number of nitrogens with one attached hydrogen (secondary N) is 2. The molecule has 0 saturated carbocycles. The van der Waals surface area contributed by atoms with Crippen molar-refractivity contribution in [2.45, 2.75) is 0 Å². The van der Waals surface area contributed by atoms with Gasteiger partial charge >= 0.3 is 0 Å². The number of hydroxylamine groups is 1. The summed E-state index contributed by atoms with van der Waals surface area (Å²) in [6.07, 6.45) is 1.50. The summed E-state index contributed by atoms with van der Waals surface area (Å²) in [5.41, 5.74) is 6.05. The monoisotopic (exact) mass is 356 g/mol. The van der Waals surface area contributed by atoms with Crippen molar-refractivity contribution in [3.8, 4) is 0 Å². The Kier molecular flexibility index (Phi) is 6.84. The third kappa shape index (κ3) is 5.13. The van der Waals surface area contributed by atoms with Gasteiger partial charge in [0.25, 0.3) is 11.8 Å². The van der Waals surface area contributed by atoms with Gasteiger partial charge in [0.15, 0.2) is 0 Å². The Labute approximate surface area is 150 Å². The molecule has 0 radical (unpaired) electrons. The molecule has 0 aromatic heterocycles. The van der Waals surface area contributed by atoms with Crippen molar-refractivity contribution < 1.29 is 19.9 Å². The molecule has 8 heteroatoms. The number of aliphatic hydroxyl groups is 1. The van der Waals surface area contributed by atoms with E-state index in [9.17, 15) is 9.59 Å². The molecule has 4 N–H and O–H groups in total. The van der Waals surface area contributed by atoms with Gasteiger partial charge in [0.05, 0.1) is 12.8 Å². The first-order chi connectivity index (χ1) is 12.5. The van der Waals surface area contributed by atoms with Gasteiger partial charge in [-0.2, -0.15) is 5.10 Å². The zero-order chi connectivity index (χ0) is 18.9. The van der Waals surface area contributed by atoms with Gasteiger partial charge in [-0.3, -0.25) is 14.8 Å². The molecule has 2 aromatic rings. The van der Waals surface area contributed by atoms with Crippen molar-refractivity contribution in [2.24, 2.45) is 5.10 Å². The summed E-state index contributed by atoms with van der Waals surface area (Å²) in [4.78, 5) is 25.3. The quantitative estimate of drug-likeness (QED) is 0.336. The Balaban J connectivity index is 1.97. The Bertz CT molecular complexity index is 790. The van der Waals surface area contributed by atoms with E-state index in [0.717, 1.165) is 11.3 Å². The fourth-order valence-corrected chi connectivity index (χ4v) is 2.19. The van der Waals surface area contributed by atoms with Crippen molar-refractivity contribution in [3.63, 3.8) is 0 Å². The highest BCUT2D eigenvalue weighted by Gasteiger charge is 2.09. The van der Waals surface area contributed by atoms with Crippen molar-refractivity contribution in [1.29, 1.82) is 0 Å². The minimum absolute atomic E-state index is 0.0763. The predicted octanol–water partition coefficient (Wildman–Crippen LogP) is 0.998. The number of amides is 2. The zero-order valence-corrected chi connectivity index (χ0v) is 14.2. The minimum atomic E-state index is -0.700. The molecule has 0 aliphatic rings. The molecular formula is C18H20N4O4. The number of aliphatic hydroxyl groups excluding tert-OH is 1. The molecular weight excluding hydrogens is 336 g/mol. The van der Waals surface area contributed by atoms with Gasteiger partial charge in [-0.25, -0.2) is 10.9 Å². The topological polar surface area (TPSA) is 114 Å². The molecule has 2 amide bonds. The van der Waals surface area contributed by atoms with E-state index < -0.39 is 11.8 Å². The number of hydrazone groups is 1. The molecule has 0 aliphatic carbocycles. The van der Waals surface area contributed by atoms with E-state index >= 15 is 0 Å². The molecule has 0 fully saturated rings. The molecule has 0 atom stereocenters. The molecule has 0 heterocycles. The highest BCUT2D eigenvalue weighted by Crippen LogP contribution is 2.12. The van der Waals surface area contributed by atoms with Crippen LogP contribution in [-0.2, 0) is 0 Å². The van der Waals surface area contributed by atoms with Gasteiger partial charge in [-0.15, -0.1) is 0 Å². The van der Waals surface area contributed by atoms with Crippen LogP contribution >= 0.6 is 0 Å². The first kappa shape index (κ1) is 19.1. The Morgan fingerprint density at radius 1 is 1.12 bits per heavy atom. The standard InChI is InChI=1S/C18H20N4O4/c1-22(9-10-23)16-7-5-13(6-8-16)12-19-20-17(24)14-3-2-4-15(11-14)18(25)21-26/h2-8,11-12,23,26H,9-10H2,1H3,(H,20,24)(H,21,25)/b19-12+. The second-order valence-electron chi connectivity index (χ2n) is 5.46. The Morgan fingerprint density at radius 2 is 1.77 bits per heavy atom. The maximum atomic E-state index is 12.1. The van der Waals surface area contributed by atoms with Crippen molar-refractivity contribution in [1.82, 2.24) is 10.9 Å². The summed E-state index contributed by atoms with van der Waals surface area (Å²) in [5.74, 6) is -1.18. The maximum absolute atomic E-state index is 12.1. The number of carbonyl (C=O) groups excluding carboxylic acids is 2. The van der Waals surface area contributed by atoms with Crippen LogP contribution in [-0.4, -0.2) is 48.5 Å². The van der Waals surface area contributed by atoms with Crippen LogP contribution in [0.4, 0.5) is 5.69 Å². The van der Waals surface area contributed by atoms with Gasteiger partial charge in [0.1, 0.15) is 0 Å². The van der Waals surface area contributed by atoms with Crippen LogP contribution in [0.1, 0.15) is 26.3 Å². The predicted molar refractivity (Wildman–Crippen MR) is 97.6 cm³/mol.